The Hall–Kier alpha value is -1.95. The fourth-order valence-corrected chi connectivity index (χ4v) is 2.23. The number of nitrogens with zero attached hydrogens (tertiary/aromatic N) is 2. The highest BCUT2D eigenvalue weighted by atomic mass is 32.1. The van der Waals surface area contributed by atoms with E-state index >= 15 is 0 Å². The zero-order valence-electron chi connectivity index (χ0n) is 9.92. The zero-order valence-corrected chi connectivity index (χ0v) is 10.7. The van der Waals surface area contributed by atoms with E-state index in [0.29, 0.717) is 6.54 Å². The largest absolute Gasteiger partial charge is 0.384 e. The molecular formula is C12H13N3O2S. The molecule has 0 aliphatic rings. The van der Waals surface area contributed by atoms with E-state index in [0.717, 1.165) is 22.8 Å². The zero-order chi connectivity index (χ0) is 13.0. The Balaban J connectivity index is 1.90. The Morgan fingerprint density at radius 1 is 1.50 bits per heavy atom. The SMILES string of the molecule is Cc1nc(CCNc2cccc([N+](=O)[O-])c2)cs1. The molecule has 18 heavy (non-hydrogen) atoms. The maximum absolute atomic E-state index is 10.6. The highest BCUT2D eigenvalue weighted by molar-refractivity contribution is 7.09. The summed E-state index contributed by atoms with van der Waals surface area (Å²) in [5, 5.41) is 16.9. The number of hydrogen-bond acceptors (Lipinski definition) is 5. The van der Waals surface area contributed by atoms with Crippen LogP contribution in [0.1, 0.15) is 10.7 Å². The first kappa shape index (κ1) is 12.5. The van der Waals surface area contributed by atoms with Crippen LogP contribution in [-0.2, 0) is 6.42 Å². The summed E-state index contributed by atoms with van der Waals surface area (Å²) in [7, 11) is 0. The van der Waals surface area contributed by atoms with Crippen LogP contribution in [0.15, 0.2) is 29.6 Å². The first-order chi connectivity index (χ1) is 8.65. The average Bonchev–Trinajstić information content (AvgIpc) is 2.75. The summed E-state index contributed by atoms with van der Waals surface area (Å²) < 4.78 is 0. The third-order valence-corrected chi connectivity index (χ3v) is 3.26. The lowest BCUT2D eigenvalue weighted by Crippen LogP contribution is -2.05. The lowest BCUT2D eigenvalue weighted by Gasteiger charge is -2.04. The molecule has 94 valence electrons. The molecule has 1 aromatic heterocycles. The summed E-state index contributed by atoms with van der Waals surface area (Å²) in [4.78, 5) is 14.6. The second-order valence-electron chi connectivity index (χ2n) is 3.84. The van der Waals surface area contributed by atoms with Gasteiger partial charge in [-0.15, -0.1) is 11.3 Å². The molecule has 1 aromatic carbocycles. The highest BCUT2D eigenvalue weighted by Crippen LogP contribution is 2.17. The summed E-state index contributed by atoms with van der Waals surface area (Å²) >= 11 is 1.63. The van der Waals surface area contributed by atoms with E-state index in [-0.39, 0.29) is 5.69 Å². The van der Waals surface area contributed by atoms with Gasteiger partial charge >= 0.3 is 0 Å². The minimum absolute atomic E-state index is 0.101. The quantitative estimate of drug-likeness (QED) is 0.665. The molecule has 1 N–H and O–H groups in total. The van der Waals surface area contributed by atoms with E-state index in [4.69, 9.17) is 0 Å². The number of non-ortho nitro benzene ring substituents is 1. The molecule has 0 saturated carbocycles. The number of nitro groups is 1. The number of nitro benzene ring substituents is 1. The molecule has 0 unspecified atom stereocenters. The smallest absolute Gasteiger partial charge is 0.271 e. The molecule has 1 heterocycles. The fraction of sp³-hybridized carbons (Fsp3) is 0.250. The third kappa shape index (κ3) is 3.27. The van der Waals surface area contributed by atoms with Crippen molar-refractivity contribution in [1.29, 1.82) is 0 Å². The first-order valence-corrected chi connectivity index (χ1v) is 6.42. The maximum atomic E-state index is 10.6. The van der Waals surface area contributed by atoms with Gasteiger partial charge in [-0.05, 0) is 13.0 Å². The second-order valence-corrected chi connectivity index (χ2v) is 4.90. The van der Waals surface area contributed by atoms with Crippen molar-refractivity contribution in [3.05, 3.63) is 50.5 Å². The summed E-state index contributed by atoms with van der Waals surface area (Å²) in [5.74, 6) is 0. The van der Waals surface area contributed by atoms with Gasteiger partial charge < -0.3 is 5.32 Å². The van der Waals surface area contributed by atoms with E-state index in [2.05, 4.69) is 10.3 Å². The van der Waals surface area contributed by atoms with Crippen molar-refractivity contribution in [2.45, 2.75) is 13.3 Å². The van der Waals surface area contributed by atoms with Crippen LogP contribution < -0.4 is 5.32 Å². The number of rotatable bonds is 5. The Morgan fingerprint density at radius 3 is 3.00 bits per heavy atom. The van der Waals surface area contributed by atoms with Gasteiger partial charge in [0.05, 0.1) is 15.6 Å². The van der Waals surface area contributed by atoms with E-state index in [1.165, 1.54) is 12.1 Å². The molecule has 0 radical (unpaired) electrons. The van der Waals surface area contributed by atoms with Crippen molar-refractivity contribution in [3.63, 3.8) is 0 Å². The van der Waals surface area contributed by atoms with E-state index in [9.17, 15) is 10.1 Å². The molecule has 0 aliphatic heterocycles. The molecule has 0 amide bonds. The standard InChI is InChI=1S/C12H13N3O2S/c1-9-14-11(8-18-9)5-6-13-10-3-2-4-12(7-10)15(16)17/h2-4,7-8,13H,5-6H2,1H3. The van der Waals surface area contributed by atoms with Crippen molar-refractivity contribution < 1.29 is 4.92 Å². The summed E-state index contributed by atoms with van der Waals surface area (Å²) in [6.45, 7) is 2.69. The minimum Gasteiger partial charge on any atom is -0.384 e. The predicted molar refractivity (Wildman–Crippen MR) is 72.1 cm³/mol. The van der Waals surface area contributed by atoms with Gasteiger partial charge in [-0.2, -0.15) is 0 Å². The highest BCUT2D eigenvalue weighted by Gasteiger charge is 2.05. The second kappa shape index (κ2) is 5.59. The number of hydrogen-bond donors (Lipinski definition) is 1. The molecule has 2 aromatic rings. The first-order valence-electron chi connectivity index (χ1n) is 5.54. The van der Waals surface area contributed by atoms with E-state index < -0.39 is 4.92 Å². The summed E-state index contributed by atoms with van der Waals surface area (Å²) in [6.07, 6.45) is 0.813. The van der Waals surface area contributed by atoms with Gasteiger partial charge in [0.2, 0.25) is 0 Å². The van der Waals surface area contributed by atoms with Gasteiger partial charge in [0, 0.05) is 36.2 Å². The van der Waals surface area contributed by atoms with Crippen LogP contribution in [0.2, 0.25) is 0 Å². The molecule has 5 nitrogen and oxygen atoms in total. The van der Waals surface area contributed by atoms with Crippen LogP contribution in [0.3, 0.4) is 0 Å². The molecule has 0 aliphatic carbocycles. The molecular weight excluding hydrogens is 250 g/mol. The third-order valence-electron chi connectivity index (χ3n) is 2.43. The Morgan fingerprint density at radius 2 is 2.33 bits per heavy atom. The number of aryl methyl sites for hydroxylation is 1. The Kier molecular flexibility index (Phi) is 3.88. The van der Waals surface area contributed by atoms with Crippen molar-refractivity contribution in [1.82, 2.24) is 4.98 Å². The number of thiazole rings is 1. The van der Waals surface area contributed by atoms with E-state index in [1.807, 2.05) is 18.4 Å². The van der Waals surface area contributed by atoms with Crippen LogP contribution in [0.5, 0.6) is 0 Å². The molecule has 0 saturated heterocycles. The lowest BCUT2D eigenvalue weighted by molar-refractivity contribution is -0.384. The number of nitrogens with one attached hydrogen (secondary N) is 1. The van der Waals surface area contributed by atoms with Crippen molar-refractivity contribution in [2.24, 2.45) is 0 Å². The van der Waals surface area contributed by atoms with Gasteiger partial charge in [-0.3, -0.25) is 10.1 Å². The molecule has 6 heteroatoms. The van der Waals surface area contributed by atoms with Crippen LogP contribution in [-0.4, -0.2) is 16.5 Å². The van der Waals surface area contributed by atoms with Crippen LogP contribution in [0.25, 0.3) is 0 Å². The Labute approximate surface area is 109 Å². The van der Waals surface area contributed by atoms with Crippen LogP contribution in [0.4, 0.5) is 11.4 Å². The minimum atomic E-state index is -0.394. The van der Waals surface area contributed by atoms with E-state index in [1.54, 1.807) is 17.4 Å². The summed E-state index contributed by atoms with van der Waals surface area (Å²) in [5.41, 5.74) is 1.91. The van der Waals surface area contributed by atoms with Gasteiger partial charge in [0.15, 0.2) is 0 Å². The Bertz CT molecular complexity index is 554. The average molecular weight is 263 g/mol. The predicted octanol–water partition coefficient (Wildman–Crippen LogP) is 3.01. The van der Waals surface area contributed by atoms with Gasteiger partial charge in [0.25, 0.3) is 5.69 Å². The lowest BCUT2D eigenvalue weighted by atomic mass is 10.2. The number of aromatic nitrogens is 1. The van der Waals surface area contributed by atoms with Gasteiger partial charge in [0.1, 0.15) is 0 Å². The molecule has 2 rings (SSSR count). The van der Waals surface area contributed by atoms with Crippen LogP contribution in [0, 0.1) is 17.0 Å². The monoisotopic (exact) mass is 263 g/mol. The normalized spacial score (nSPS) is 10.3. The molecule has 0 bridgehead atoms. The van der Waals surface area contributed by atoms with Crippen molar-refractivity contribution in [2.75, 3.05) is 11.9 Å². The van der Waals surface area contributed by atoms with Crippen LogP contribution >= 0.6 is 11.3 Å². The van der Waals surface area contributed by atoms with Gasteiger partial charge in [-0.1, -0.05) is 6.07 Å². The summed E-state index contributed by atoms with van der Waals surface area (Å²) in [6, 6.07) is 6.51. The van der Waals surface area contributed by atoms with Gasteiger partial charge in [-0.25, -0.2) is 4.98 Å². The molecule has 0 spiro atoms. The molecule has 0 fully saturated rings. The fourth-order valence-electron chi connectivity index (χ4n) is 1.59. The molecule has 0 atom stereocenters. The maximum Gasteiger partial charge on any atom is 0.271 e. The number of benzene rings is 1. The van der Waals surface area contributed by atoms with Crippen molar-refractivity contribution >= 4 is 22.7 Å². The van der Waals surface area contributed by atoms with Crippen molar-refractivity contribution in [3.8, 4) is 0 Å². The number of anilines is 1. The topological polar surface area (TPSA) is 68.1 Å².